The third-order valence-corrected chi connectivity index (χ3v) is 3.80. The predicted octanol–water partition coefficient (Wildman–Crippen LogP) is 2.43. The largest absolute Gasteiger partial charge is 0.451 e. The zero-order chi connectivity index (χ0) is 16.9. The number of amides is 1. The Bertz CT molecular complexity index is 721. The summed E-state index contributed by atoms with van der Waals surface area (Å²) in [6.45, 7) is 4.43. The lowest BCUT2D eigenvalue weighted by molar-refractivity contribution is -0.132. The van der Waals surface area contributed by atoms with Gasteiger partial charge in [-0.3, -0.25) is 4.79 Å². The van der Waals surface area contributed by atoms with Crippen molar-refractivity contribution in [1.82, 2.24) is 20.0 Å². The van der Waals surface area contributed by atoms with Crippen LogP contribution in [0.4, 0.5) is 0 Å². The Hall–Kier alpha value is -2.90. The molecule has 3 aromatic heterocycles. The molecule has 0 bridgehead atoms. The summed E-state index contributed by atoms with van der Waals surface area (Å²) in [4.78, 5) is 22.5. The first-order valence-corrected chi connectivity index (χ1v) is 7.57. The summed E-state index contributed by atoms with van der Waals surface area (Å²) in [6, 6.07) is 0. The van der Waals surface area contributed by atoms with E-state index in [-0.39, 0.29) is 5.91 Å². The maximum Gasteiger partial charge on any atom is 0.223 e. The fourth-order valence-corrected chi connectivity index (χ4v) is 2.50. The van der Waals surface area contributed by atoms with E-state index in [9.17, 15) is 4.79 Å². The second kappa shape index (κ2) is 7.12. The van der Waals surface area contributed by atoms with Crippen molar-refractivity contribution in [3.05, 3.63) is 53.7 Å². The highest BCUT2D eigenvalue weighted by Crippen LogP contribution is 2.16. The van der Waals surface area contributed by atoms with Crippen LogP contribution in [0.15, 0.2) is 38.7 Å². The molecule has 0 saturated heterocycles. The van der Waals surface area contributed by atoms with Gasteiger partial charge in [-0.15, -0.1) is 0 Å². The lowest BCUT2D eigenvalue weighted by atomic mass is 10.1. The molecule has 0 saturated carbocycles. The predicted molar refractivity (Wildman–Crippen MR) is 81.6 cm³/mol. The summed E-state index contributed by atoms with van der Waals surface area (Å²) in [7, 11) is 0. The van der Waals surface area contributed by atoms with Crippen molar-refractivity contribution in [3.63, 3.8) is 0 Å². The molecule has 24 heavy (non-hydrogen) atoms. The van der Waals surface area contributed by atoms with Crippen LogP contribution in [0.2, 0.25) is 0 Å². The molecule has 0 unspecified atom stereocenters. The molecule has 0 spiro atoms. The molecule has 0 aliphatic rings. The van der Waals surface area contributed by atoms with Crippen molar-refractivity contribution in [2.75, 3.05) is 0 Å². The molecule has 3 aromatic rings. The Kier molecular flexibility index (Phi) is 4.74. The number of aromatic nitrogens is 3. The zero-order valence-corrected chi connectivity index (χ0v) is 13.6. The quantitative estimate of drug-likeness (QED) is 0.656. The number of hydrogen-bond acceptors (Lipinski definition) is 7. The zero-order valence-electron chi connectivity index (χ0n) is 13.6. The van der Waals surface area contributed by atoms with Gasteiger partial charge in [-0.05, 0) is 20.3 Å². The summed E-state index contributed by atoms with van der Waals surface area (Å²) in [5.41, 5.74) is 3.17. The lowest BCUT2D eigenvalue weighted by Crippen LogP contribution is -2.30. The standard InChI is InChI=1S/C16H18N4O4/c1-11-15(12(2)24-19-11)3-4-16(21)20(5-13-7-22-9-17-13)6-14-8-23-10-18-14/h7-10H,3-6H2,1-2H3. The maximum atomic E-state index is 12.7. The summed E-state index contributed by atoms with van der Waals surface area (Å²) < 4.78 is 15.1. The van der Waals surface area contributed by atoms with Gasteiger partial charge in [0.25, 0.3) is 0 Å². The highest BCUT2D eigenvalue weighted by atomic mass is 16.5. The molecule has 0 N–H and O–H groups in total. The third kappa shape index (κ3) is 3.70. The number of carbonyl (C=O) groups excluding carboxylic acids is 1. The molecule has 8 heteroatoms. The monoisotopic (exact) mass is 330 g/mol. The number of aryl methyl sites for hydroxylation is 2. The lowest BCUT2D eigenvalue weighted by Gasteiger charge is -2.20. The van der Waals surface area contributed by atoms with Gasteiger partial charge in [0.15, 0.2) is 12.8 Å². The molecule has 0 fully saturated rings. The van der Waals surface area contributed by atoms with Crippen molar-refractivity contribution < 1.29 is 18.2 Å². The first kappa shape index (κ1) is 16.0. The fraction of sp³-hybridized carbons (Fsp3) is 0.375. The van der Waals surface area contributed by atoms with Gasteiger partial charge in [-0.25, -0.2) is 9.97 Å². The van der Waals surface area contributed by atoms with Crippen LogP contribution in [-0.4, -0.2) is 25.9 Å². The smallest absolute Gasteiger partial charge is 0.223 e. The van der Waals surface area contributed by atoms with Gasteiger partial charge in [-0.1, -0.05) is 5.16 Å². The second-order valence-electron chi connectivity index (χ2n) is 5.51. The molecule has 0 atom stereocenters. The van der Waals surface area contributed by atoms with E-state index in [4.69, 9.17) is 13.4 Å². The Morgan fingerprint density at radius 2 is 1.71 bits per heavy atom. The molecule has 0 radical (unpaired) electrons. The minimum absolute atomic E-state index is 0.0130. The van der Waals surface area contributed by atoms with Crippen LogP contribution in [0.1, 0.15) is 34.8 Å². The normalized spacial score (nSPS) is 10.9. The van der Waals surface area contributed by atoms with E-state index < -0.39 is 0 Å². The molecule has 1 amide bonds. The average molecular weight is 330 g/mol. The first-order chi connectivity index (χ1) is 11.6. The number of nitrogens with zero attached hydrogens (tertiary/aromatic N) is 4. The fourth-order valence-electron chi connectivity index (χ4n) is 2.50. The SMILES string of the molecule is Cc1noc(C)c1CCC(=O)N(Cc1cocn1)Cc1cocn1. The van der Waals surface area contributed by atoms with Crippen molar-refractivity contribution in [1.29, 1.82) is 0 Å². The number of rotatable bonds is 7. The minimum Gasteiger partial charge on any atom is -0.451 e. The minimum atomic E-state index is -0.0130. The second-order valence-corrected chi connectivity index (χ2v) is 5.51. The van der Waals surface area contributed by atoms with E-state index in [0.29, 0.717) is 37.3 Å². The molecule has 3 heterocycles. The van der Waals surface area contributed by atoms with E-state index in [2.05, 4.69) is 15.1 Å². The molecular weight excluding hydrogens is 312 g/mol. The molecule has 126 valence electrons. The van der Waals surface area contributed by atoms with Crippen LogP contribution < -0.4 is 0 Å². The topological polar surface area (TPSA) is 98.4 Å². The van der Waals surface area contributed by atoms with Gasteiger partial charge in [0, 0.05) is 12.0 Å². The van der Waals surface area contributed by atoms with E-state index in [1.807, 2.05) is 13.8 Å². The summed E-state index contributed by atoms with van der Waals surface area (Å²) >= 11 is 0. The molecule has 0 aromatic carbocycles. The maximum absolute atomic E-state index is 12.7. The third-order valence-electron chi connectivity index (χ3n) is 3.80. The van der Waals surface area contributed by atoms with Gasteiger partial charge in [0.2, 0.25) is 5.91 Å². The van der Waals surface area contributed by atoms with Crippen LogP contribution in [-0.2, 0) is 24.3 Å². The Balaban J connectivity index is 1.68. The van der Waals surface area contributed by atoms with Crippen molar-refractivity contribution in [2.24, 2.45) is 0 Å². The molecular formula is C16H18N4O4. The van der Waals surface area contributed by atoms with Crippen LogP contribution in [0.3, 0.4) is 0 Å². The van der Waals surface area contributed by atoms with Crippen LogP contribution in [0.25, 0.3) is 0 Å². The molecule has 0 aliphatic carbocycles. The summed E-state index contributed by atoms with van der Waals surface area (Å²) in [6.07, 6.45) is 6.66. The van der Waals surface area contributed by atoms with Crippen molar-refractivity contribution in [2.45, 2.75) is 39.8 Å². The highest BCUT2D eigenvalue weighted by Gasteiger charge is 2.19. The average Bonchev–Trinajstić information content (AvgIpc) is 3.30. The Labute approximate surface area is 138 Å². The molecule has 0 aliphatic heterocycles. The van der Waals surface area contributed by atoms with E-state index in [0.717, 1.165) is 17.0 Å². The van der Waals surface area contributed by atoms with Gasteiger partial charge >= 0.3 is 0 Å². The van der Waals surface area contributed by atoms with Gasteiger partial charge in [0.1, 0.15) is 18.3 Å². The Morgan fingerprint density at radius 3 is 2.17 bits per heavy atom. The van der Waals surface area contributed by atoms with Crippen molar-refractivity contribution in [3.8, 4) is 0 Å². The summed E-state index contributed by atoms with van der Waals surface area (Å²) in [5.74, 6) is 0.737. The number of hydrogen-bond donors (Lipinski definition) is 0. The number of carbonyl (C=O) groups is 1. The molecule has 3 rings (SSSR count). The van der Waals surface area contributed by atoms with Gasteiger partial charge in [-0.2, -0.15) is 0 Å². The molecule has 8 nitrogen and oxygen atoms in total. The summed E-state index contributed by atoms with van der Waals surface area (Å²) in [5, 5.41) is 3.92. The Morgan fingerprint density at radius 1 is 1.08 bits per heavy atom. The van der Waals surface area contributed by atoms with E-state index >= 15 is 0 Å². The van der Waals surface area contributed by atoms with Gasteiger partial charge < -0.3 is 18.3 Å². The van der Waals surface area contributed by atoms with E-state index in [1.165, 1.54) is 25.3 Å². The van der Waals surface area contributed by atoms with Crippen molar-refractivity contribution >= 4 is 5.91 Å². The van der Waals surface area contributed by atoms with E-state index in [1.54, 1.807) is 4.90 Å². The van der Waals surface area contributed by atoms with Crippen LogP contribution >= 0.6 is 0 Å². The first-order valence-electron chi connectivity index (χ1n) is 7.57. The van der Waals surface area contributed by atoms with Gasteiger partial charge in [0.05, 0.1) is 30.2 Å². The highest BCUT2D eigenvalue weighted by molar-refractivity contribution is 5.76. The van der Waals surface area contributed by atoms with Crippen LogP contribution in [0, 0.1) is 13.8 Å². The number of oxazole rings is 2. The van der Waals surface area contributed by atoms with Crippen LogP contribution in [0.5, 0.6) is 0 Å².